The molecule has 0 atom stereocenters. The molecule has 164 valence electrons. The van der Waals surface area contributed by atoms with Crippen molar-refractivity contribution >= 4 is 22.5 Å². The van der Waals surface area contributed by atoms with Crippen LogP contribution in [-0.2, 0) is 17.5 Å². The van der Waals surface area contributed by atoms with Crippen LogP contribution in [0.5, 0.6) is 0 Å². The maximum atomic E-state index is 13.1. The standard InChI is InChI=1S/C22H18F3N5O2/c1-13-19-14(2)30(17-10-6-7-15(11-17)22(23,24)25)28-20(19)21(32)29(27-13)12-18(31)26-16-8-4-3-5-9-16/h3-11H,12H2,1-2H3,(H,26,31). The van der Waals surface area contributed by atoms with Crippen molar-refractivity contribution < 1.29 is 18.0 Å². The smallest absolute Gasteiger partial charge is 0.324 e. The predicted octanol–water partition coefficient (Wildman–Crippen LogP) is 3.86. The van der Waals surface area contributed by atoms with Crippen molar-refractivity contribution in [2.24, 2.45) is 0 Å². The SMILES string of the molecule is Cc1nn(CC(=O)Nc2ccccc2)c(=O)c2nn(-c3cccc(C(F)(F)F)c3)c(C)c12. The summed E-state index contributed by atoms with van der Waals surface area (Å²) in [6, 6.07) is 13.4. The number of nitrogens with zero attached hydrogens (tertiary/aromatic N) is 4. The summed E-state index contributed by atoms with van der Waals surface area (Å²) in [6.45, 7) is 2.97. The molecule has 0 fully saturated rings. The summed E-state index contributed by atoms with van der Waals surface area (Å²) >= 11 is 0. The van der Waals surface area contributed by atoms with E-state index in [1.165, 1.54) is 16.8 Å². The molecule has 0 aliphatic carbocycles. The van der Waals surface area contributed by atoms with Crippen LogP contribution in [0, 0.1) is 13.8 Å². The number of amides is 1. The van der Waals surface area contributed by atoms with Crippen molar-refractivity contribution in [3.05, 3.63) is 81.9 Å². The van der Waals surface area contributed by atoms with Gasteiger partial charge in [-0.25, -0.2) is 9.36 Å². The van der Waals surface area contributed by atoms with E-state index in [1.807, 2.05) is 6.07 Å². The summed E-state index contributed by atoms with van der Waals surface area (Å²) in [4.78, 5) is 25.3. The number of nitrogens with one attached hydrogen (secondary N) is 1. The van der Waals surface area contributed by atoms with E-state index in [1.54, 1.807) is 38.1 Å². The van der Waals surface area contributed by atoms with E-state index in [-0.39, 0.29) is 17.7 Å². The van der Waals surface area contributed by atoms with Gasteiger partial charge in [0.05, 0.1) is 28.0 Å². The second-order valence-corrected chi connectivity index (χ2v) is 7.23. The van der Waals surface area contributed by atoms with E-state index in [0.29, 0.717) is 22.5 Å². The summed E-state index contributed by atoms with van der Waals surface area (Å²) in [6.07, 6.45) is -4.51. The van der Waals surface area contributed by atoms with Crippen LogP contribution in [0.15, 0.2) is 59.4 Å². The van der Waals surface area contributed by atoms with Crippen molar-refractivity contribution in [3.63, 3.8) is 0 Å². The number of carbonyl (C=O) groups excluding carboxylic acids is 1. The number of fused-ring (bicyclic) bond motifs is 1. The molecule has 0 saturated heterocycles. The van der Waals surface area contributed by atoms with Crippen molar-refractivity contribution in [3.8, 4) is 5.69 Å². The average Bonchev–Trinajstić information content (AvgIpc) is 3.10. The first-order valence-corrected chi connectivity index (χ1v) is 9.65. The lowest BCUT2D eigenvalue weighted by molar-refractivity contribution is -0.137. The van der Waals surface area contributed by atoms with E-state index in [2.05, 4.69) is 15.5 Å². The number of para-hydroxylation sites is 1. The summed E-state index contributed by atoms with van der Waals surface area (Å²) in [5, 5.41) is 11.6. The van der Waals surface area contributed by atoms with Crippen LogP contribution in [0.2, 0.25) is 0 Å². The molecule has 0 radical (unpaired) electrons. The van der Waals surface area contributed by atoms with Gasteiger partial charge < -0.3 is 5.32 Å². The molecule has 1 N–H and O–H groups in total. The van der Waals surface area contributed by atoms with Gasteiger partial charge in [0, 0.05) is 5.69 Å². The maximum Gasteiger partial charge on any atom is 0.416 e. The number of anilines is 1. The predicted molar refractivity (Wildman–Crippen MR) is 113 cm³/mol. The number of hydrogen-bond donors (Lipinski definition) is 1. The van der Waals surface area contributed by atoms with Crippen molar-refractivity contribution in [2.45, 2.75) is 26.6 Å². The van der Waals surface area contributed by atoms with Gasteiger partial charge in [0.25, 0.3) is 5.56 Å². The van der Waals surface area contributed by atoms with Gasteiger partial charge in [-0.2, -0.15) is 23.4 Å². The number of hydrogen-bond acceptors (Lipinski definition) is 4. The molecule has 2 aromatic heterocycles. The Bertz CT molecular complexity index is 1370. The fourth-order valence-electron chi connectivity index (χ4n) is 3.51. The van der Waals surface area contributed by atoms with Crippen LogP contribution < -0.4 is 10.9 Å². The zero-order chi connectivity index (χ0) is 23.0. The molecule has 0 aliphatic rings. The number of halogens is 3. The van der Waals surface area contributed by atoms with Crippen LogP contribution in [0.3, 0.4) is 0 Å². The third kappa shape index (κ3) is 3.98. The summed E-state index contributed by atoms with van der Waals surface area (Å²) in [5.41, 5.74) is 0.250. The molecule has 4 aromatic rings. The molecule has 0 unspecified atom stereocenters. The Morgan fingerprint density at radius 1 is 1.03 bits per heavy atom. The first kappa shape index (κ1) is 21.3. The Morgan fingerprint density at radius 2 is 1.75 bits per heavy atom. The fraction of sp³-hybridized carbons (Fsp3) is 0.182. The highest BCUT2D eigenvalue weighted by atomic mass is 19.4. The van der Waals surface area contributed by atoms with Gasteiger partial charge in [-0.15, -0.1) is 0 Å². The Hall–Kier alpha value is -3.95. The van der Waals surface area contributed by atoms with E-state index in [9.17, 15) is 22.8 Å². The minimum absolute atomic E-state index is 0.0277. The normalized spacial score (nSPS) is 11.7. The Morgan fingerprint density at radius 3 is 2.44 bits per heavy atom. The highest BCUT2D eigenvalue weighted by molar-refractivity contribution is 5.90. The van der Waals surface area contributed by atoms with Gasteiger partial charge in [0.15, 0.2) is 5.52 Å². The average molecular weight is 441 g/mol. The number of benzene rings is 2. The fourth-order valence-corrected chi connectivity index (χ4v) is 3.51. The van der Waals surface area contributed by atoms with Crippen molar-refractivity contribution in [2.75, 3.05) is 5.32 Å². The second kappa shape index (κ2) is 7.95. The van der Waals surface area contributed by atoms with Gasteiger partial charge in [0.1, 0.15) is 6.54 Å². The first-order valence-electron chi connectivity index (χ1n) is 9.65. The quantitative estimate of drug-likeness (QED) is 0.522. The number of alkyl halides is 3. The third-order valence-electron chi connectivity index (χ3n) is 4.95. The third-order valence-corrected chi connectivity index (χ3v) is 4.95. The zero-order valence-corrected chi connectivity index (χ0v) is 17.1. The summed E-state index contributed by atoms with van der Waals surface area (Å²) in [7, 11) is 0. The molecular weight excluding hydrogens is 423 g/mol. The molecule has 0 bridgehead atoms. The molecule has 2 heterocycles. The topological polar surface area (TPSA) is 81.8 Å². The molecule has 10 heteroatoms. The molecule has 2 aromatic carbocycles. The molecule has 1 amide bonds. The Labute approximate surface area is 180 Å². The van der Waals surface area contributed by atoms with Gasteiger partial charge >= 0.3 is 6.18 Å². The lowest BCUT2D eigenvalue weighted by atomic mass is 10.2. The Kier molecular flexibility index (Phi) is 5.29. The minimum atomic E-state index is -4.51. The minimum Gasteiger partial charge on any atom is -0.324 e. The van der Waals surface area contributed by atoms with Gasteiger partial charge in [0.2, 0.25) is 5.91 Å². The molecule has 0 aliphatic heterocycles. The largest absolute Gasteiger partial charge is 0.416 e. The van der Waals surface area contributed by atoms with Crippen molar-refractivity contribution in [1.82, 2.24) is 19.6 Å². The second-order valence-electron chi connectivity index (χ2n) is 7.23. The van der Waals surface area contributed by atoms with Gasteiger partial charge in [-0.3, -0.25) is 9.59 Å². The van der Waals surface area contributed by atoms with Crippen LogP contribution >= 0.6 is 0 Å². The van der Waals surface area contributed by atoms with Crippen LogP contribution in [0.1, 0.15) is 17.0 Å². The molecule has 0 saturated carbocycles. The van der Waals surface area contributed by atoms with E-state index in [4.69, 9.17) is 0 Å². The lowest BCUT2D eigenvalue weighted by Crippen LogP contribution is -2.30. The summed E-state index contributed by atoms with van der Waals surface area (Å²) < 4.78 is 41.6. The monoisotopic (exact) mass is 441 g/mol. The molecule has 32 heavy (non-hydrogen) atoms. The zero-order valence-electron chi connectivity index (χ0n) is 17.1. The van der Waals surface area contributed by atoms with Crippen LogP contribution in [-0.4, -0.2) is 25.5 Å². The first-order chi connectivity index (χ1) is 15.1. The van der Waals surface area contributed by atoms with E-state index < -0.39 is 23.2 Å². The number of aromatic nitrogens is 4. The van der Waals surface area contributed by atoms with E-state index >= 15 is 0 Å². The summed E-state index contributed by atoms with van der Waals surface area (Å²) in [5.74, 6) is -0.446. The highest BCUT2D eigenvalue weighted by Gasteiger charge is 2.31. The number of carbonyl (C=O) groups is 1. The highest BCUT2D eigenvalue weighted by Crippen LogP contribution is 2.31. The molecular formula is C22H18F3N5O2. The molecule has 0 spiro atoms. The Balaban J connectivity index is 1.73. The lowest BCUT2D eigenvalue weighted by Gasteiger charge is -2.09. The number of aryl methyl sites for hydroxylation is 2. The van der Waals surface area contributed by atoms with E-state index in [0.717, 1.165) is 16.8 Å². The van der Waals surface area contributed by atoms with Gasteiger partial charge in [-0.05, 0) is 44.2 Å². The maximum absolute atomic E-state index is 13.1. The van der Waals surface area contributed by atoms with Crippen molar-refractivity contribution in [1.29, 1.82) is 0 Å². The number of rotatable bonds is 4. The van der Waals surface area contributed by atoms with Crippen LogP contribution in [0.4, 0.5) is 18.9 Å². The molecule has 4 rings (SSSR count). The van der Waals surface area contributed by atoms with Gasteiger partial charge in [-0.1, -0.05) is 24.3 Å². The van der Waals surface area contributed by atoms with Crippen LogP contribution in [0.25, 0.3) is 16.6 Å². The molecule has 7 nitrogen and oxygen atoms in total.